The largest absolute Gasteiger partial charge is 0.413 e. The Hall–Kier alpha value is -2.65. The van der Waals surface area contributed by atoms with Gasteiger partial charge in [-0.1, -0.05) is 6.07 Å². The molecule has 1 heterocycles. The van der Waals surface area contributed by atoms with Crippen LogP contribution in [0.5, 0.6) is 0 Å². The van der Waals surface area contributed by atoms with E-state index in [9.17, 15) is 26.7 Å². The van der Waals surface area contributed by atoms with Gasteiger partial charge in [0.1, 0.15) is 11.6 Å². The molecule has 23 heavy (non-hydrogen) atoms. The third-order valence-corrected chi connectivity index (χ3v) is 2.97. The number of alkyl halides is 3. The van der Waals surface area contributed by atoms with Crippen molar-refractivity contribution in [2.45, 2.75) is 19.1 Å². The number of hydrogen-bond acceptors (Lipinski definition) is 2. The quantitative estimate of drug-likeness (QED) is 0.753. The van der Waals surface area contributed by atoms with Gasteiger partial charge in [0.2, 0.25) is 0 Å². The number of urea groups is 1. The molecule has 0 aliphatic carbocycles. The maximum atomic E-state index is 13.6. The number of rotatable bonds is 3. The van der Waals surface area contributed by atoms with E-state index in [0.29, 0.717) is 17.8 Å². The predicted octanol–water partition coefficient (Wildman–Crippen LogP) is 3.42. The first-order valence-electron chi connectivity index (χ1n) is 6.28. The minimum Gasteiger partial charge on any atom is -0.322 e. The van der Waals surface area contributed by atoms with E-state index < -0.39 is 35.4 Å². The van der Waals surface area contributed by atoms with E-state index in [2.05, 4.69) is 15.5 Å². The number of hydrogen-bond donors (Lipinski definition) is 3. The van der Waals surface area contributed by atoms with Gasteiger partial charge in [0.25, 0.3) is 0 Å². The number of halogens is 5. The Kier molecular flexibility index (Phi) is 4.52. The maximum absolute atomic E-state index is 13.6. The lowest BCUT2D eigenvalue weighted by atomic mass is 10.1. The van der Waals surface area contributed by atoms with Crippen molar-refractivity contribution >= 4 is 11.7 Å². The van der Waals surface area contributed by atoms with Gasteiger partial charge in [-0.05, 0) is 19.1 Å². The summed E-state index contributed by atoms with van der Waals surface area (Å²) in [5.41, 5.74) is -0.739. The van der Waals surface area contributed by atoms with Crippen molar-refractivity contribution in [3.63, 3.8) is 0 Å². The minimum atomic E-state index is -5.09. The molecule has 0 unspecified atom stereocenters. The van der Waals surface area contributed by atoms with Crippen LogP contribution in [0.2, 0.25) is 0 Å². The molecule has 10 heteroatoms. The number of aromatic amines is 1. The van der Waals surface area contributed by atoms with Crippen LogP contribution < -0.4 is 10.6 Å². The van der Waals surface area contributed by atoms with E-state index in [1.165, 1.54) is 18.4 Å². The Bertz CT molecular complexity index is 692. The highest BCUT2D eigenvalue weighted by Gasteiger charge is 2.44. The summed E-state index contributed by atoms with van der Waals surface area (Å²) in [5, 5.41) is 9.69. The first kappa shape index (κ1) is 16.7. The van der Waals surface area contributed by atoms with Crippen molar-refractivity contribution < 1.29 is 26.7 Å². The van der Waals surface area contributed by atoms with Crippen LogP contribution in [0.25, 0.3) is 0 Å². The summed E-state index contributed by atoms with van der Waals surface area (Å²) in [6, 6.07) is -1.83. The number of carbonyl (C=O) groups is 1. The first-order chi connectivity index (χ1) is 10.7. The minimum absolute atomic E-state index is 0.137. The van der Waals surface area contributed by atoms with E-state index in [1.54, 1.807) is 0 Å². The summed E-state index contributed by atoms with van der Waals surface area (Å²) in [6.07, 6.45) is -3.91. The molecule has 1 aromatic heterocycles. The molecule has 0 spiro atoms. The van der Waals surface area contributed by atoms with Gasteiger partial charge < -0.3 is 10.6 Å². The number of carbonyl (C=O) groups excluding carboxylic acids is 1. The Morgan fingerprint density at radius 1 is 1.26 bits per heavy atom. The monoisotopic (exact) mass is 334 g/mol. The van der Waals surface area contributed by atoms with Gasteiger partial charge in [0.05, 0.1) is 23.1 Å². The lowest BCUT2D eigenvalue weighted by molar-refractivity contribution is -0.155. The Morgan fingerprint density at radius 2 is 1.87 bits per heavy atom. The molecule has 2 rings (SSSR count). The number of benzene rings is 1. The molecule has 1 aromatic carbocycles. The highest BCUT2D eigenvalue weighted by molar-refractivity contribution is 5.90. The fourth-order valence-electron chi connectivity index (χ4n) is 1.87. The second kappa shape index (κ2) is 6.23. The first-order valence-corrected chi connectivity index (χ1v) is 6.28. The molecule has 3 N–H and O–H groups in total. The molecule has 0 saturated carbocycles. The van der Waals surface area contributed by atoms with Gasteiger partial charge in [-0.25, -0.2) is 13.6 Å². The van der Waals surface area contributed by atoms with Gasteiger partial charge in [0.15, 0.2) is 6.04 Å². The van der Waals surface area contributed by atoms with Crippen LogP contribution in [0, 0.1) is 18.6 Å². The molecule has 124 valence electrons. The number of nitrogens with zero attached hydrogens (tertiary/aromatic N) is 1. The molecule has 0 saturated heterocycles. The zero-order valence-electron chi connectivity index (χ0n) is 11.6. The standard InChI is InChI=1S/C13H11F5N4O/c1-6-9(5-19-22-6)20-12(23)21-11(13(16,17)18)10-7(14)3-2-4-8(10)15/h2-5,11H,1H3,(H,19,22)(H2,20,21,23)/t11-/m0/s1. The third-order valence-electron chi connectivity index (χ3n) is 2.97. The number of H-pyrrole nitrogens is 1. The highest BCUT2D eigenvalue weighted by atomic mass is 19.4. The number of nitrogens with one attached hydrogen (secondary N) is 3. The van der Waals surface area contributed by atoms with Crippen molar-refractivity contribution in [3.8, 4) is 0 Å². The number of aromatic nitrogens is 2. The fraction of sp³-hybridized carbons (Fsp3) is 0.231. The molecule has 5 nitrogen and oxygen atoms in total. The molecular formula is C13H11F5N4O. The van der Waals surface area contributed by atoms with Crippen LogP contribution in [0.15, 0.2) is 24.4 Å². The van der Waals surface area contributed by atoms with Crippen molar-refractivity contribution in [1.82, 2.24) is 15.5 Å². The number of amides is 2. The van der Waals surface area contributed by atoms with Gasteiger partial charge in [-0.2, -0.15) is 18.3 Å². The second-order valence-corrected chi connectivity index (χ2v) is 4.62. The molecule has 2 aromatic rings. The van der Waals surface area contributed by atoms with Crippen LogP contribution in [0.4, 0.5) is 32.4 Å². The van der Waals surface area contributed by atoms with Crippen LogP contribution in [0.1, 0.15) is 17.3 Å². The summed E-state index contributed by atoms with van der Waals surface area (Å²) in [4.78, 5) is 11.7. The summed E-state index contributed by atoms with van der Waals surface area (Å²) in [7, 11) is 0. The van der Waals surface area contributed by atoms with E-state index in [1.807, 2.05) is 0 Å². The van der Waals surface area contributed by atoms with Crippen molar-refractivity contribution in [3.05, 3.63) is 47.3 Å². The van der Waals surface area contributed by atoms with Gasteiger partial charge in [0, 0.05) is 0 Å². The van der Waals surface area contributed by atoms with Crippen LogP contribution in [-0.4, -0.2) is 22.4 Å². The normalized spacial score (nSPS) is 12.8. The number of anilines is 1. The lowest BCUT2D eigenvalue weighted by Crippen LogP contribution is -2.41. The molecule has 1 atom stereocenters. The van der Waals surface area contributed by atoms with E-state index >= 15 is 0 Å². The van der Waals surface area contributed by atoms with Gasteiger partial charge in [-0.3, -0.25) is 5.10 Å². The zero-order chi connectivity index (χ0) is 17.2. The van der Waals surface area contributed by atoms with E-state index in [0.717, 1.165) is 6.07 Å². The van der Waals surface area contributed by atoms with Crippen LogP contribution >= 0.6 is 0 Å². The fourth-order valence-corrected chi connectivity index (χ4v) is 1.87. The van der Waals surface area contributed by atoms with Gasteiger partial charge in [-0.15, -0.1) is 0 Å². The maximum Gasteiger partial charge on any atom is 0.413 e. The molecule has 0 bridgehead atoms. The van der Waals surface area contributed by atoms with E-state index in [4.69, 9.17) is 0 Å². The second-order valence-electron chi connectivity index (χ2n) is 4.62. The van der Waals surface area contributed by atoms with Crippen LogP contribution in [0.3, 0.4) is 0 Å². The van der Waals surface area contributed by atoms with Crippen molar-refractivity contribution in [2.75, 3.05) is 5.32 Å². The third kappa shape index (κ3) is 3.76. The SMILES string of the molecule is Cc1[nH]ncc1NC(=O)N[C@@H](c1c(F)cccc1F)C(F)(F)F. The summed E-state index contributed by atoms with van der Waals surface area (Å²) in [5.74, 6) is -2.82. The number of aryl methyl sites for hydroxylation is 1. The smallest absolute Gasteiger partial charge is 0.322 e. The van der Waals surface area contributed by atoms with Crippen LogP contribution in [-0.2, 0) is 0 Å². The summed E-state index contributed by atoms with van der Waals surface area (Å²) in [6.45, 7) is 1.53. The average molecular weight is 334 g/mol. The molecule has 0 radical (unpaired) electrons. The van der Waals surface area contributed by atoms with Gasteiger partial charge >= 0.3 is 12.2 Å². The Balaban J connectivity index is 2.27. The molecular weight excluding hydrogens is 323 g/mol. The molecule has 0 aliphatic rings. The van der Waals surface area contributed by atoms with Crippen molar-refractivity contribution in [1.29, 1.82) is 0 Å². The highest BCUT2D eigenvalue weighted by Crippen LogP contribution is 2.35. The molecule has 0 fully saturated rings. The topological polar surface area (TPSA) is 69.8 Å². The predicted molar refractivity (Wildman–Crippen MR) is 70.6 cm³/mol. The average Bonchev–Trinajstić information content (AvgIpc) is 2.81. The van der Waals surface area contributed by atoms with E-state index in [-0.39, 0.29) is 5.69 Å². The Morgan fingerprint density at radius 3 is 2.35 bits per heavy atom. The molecule has 2 amide bonds. The van der Waals surface area contributed by atoms with Crippen molar-refractivity contribution in [2.24, 2.45) is 0 Å². The summed E-state index contributed by atoms with van der Waals surface area (Å²) >= 11 is 0. The Labute approximate surface area is 126 Å². The zero-order valence-corrected chi connectivity index (χ0v) is 11.6. The molecule has 0 aliphatic heterocycles. The summed E-state index contributed by atoms with van der Waals surface area (Å²) < 4.78 is 66.5. The lowest BCUT2D eigenvalue weighted by Gasteiger charge is -2.23.